The third-order valence-corrected chi connectivity index (χ3v) is 5.51. The van der Waals surface area contributed by atoms with Crippen molar-refractivity contribution in [2.45, 2.75) is 11.8 Å². The predicted octanol–water partition coefficient (Wildman–Crippen LogP) is 4.84. The number of carbonyl (C=O) groups is 1. The lowest BCUT2D eigenvalue weighted by atomic mass is 10.2. The van der Waals surface area contributed by atoms with Crippen molar-refractivity contribution in [1.29, 1.82) is 0 Å². The molecule has 0 heterocycles. The second-order valence-corrected chi connectivity index (χ2v) is 8.20. The minimum Gasteiger partial charge on any atom is -0.319 e. The average Bonchev–Trinajstić information content (AvgIpc) is 2.63. The van der Waals surface area contributed by atoms with Crippen molar-refractivity contribution in [1.82, 2.24) is 0 Å². The molecule has 5 nitrogen and oxygen atoms in total. The number of benzene rings is 3. The molecule has 0 fully saturated rings. The summed E-state index contributed by atoms with van der Waals surface area (Å²) in [5.74, 6) is -1.40. The molecule has 144 valence electrons. The van der Waals surface area contributed by atoms with Gasteiger partial charge in [-0.25, -0.2) is 12.8 Å². The first-order valence-corrected chi connectivity index (χ1v) is 10.1. The summed E-state index contributed by atoms with van der Waals surface area (Å²) in [4.78, 5) is 11.9. The quantitative estimate of drug-likeness (QED) is 0.622. The Bertz CT molecular complexity index is 1130. The second kappa shape index (κ2) is 8.00. The van der Waals surface area contributed by atoms with Crippen LogP contribution in [0, 0.1) is 12.7 Å². The molecule has 0 atom stereocenters. The molecule has 0 radical (unpaired) electrons. The summed E-state index contributed by atoms with van der Waals surface area (Å²) in [6, 6.07) is 16.2. The number of anilines is 2. The molecular formula is C20H16ClFN2O3S. The molecule has 2 N–H and O–H groups in total. The van der Waals surface area contributed by atoms with Crippen LogP contribution in [0.2, 0.25) is 5.02 Å². The number of sulfonamides is 1. The van der Waals surface area contributed by atoms with E-state index in [9.17, 15) is 17.6 Å². The zero-order valence-electron chi connectivity index (χ0n) is 14.7. The molecule has 0 bridgehead atoms. The Morgan fingerprint density at radius 3 is 2.36 bits per heavy atom. The number of carbonyl (C=O) groups excluding carboxylic acids is 1. The van der Waals surface area contributed by atoms with Crippen molar-refractivity contribution in [2.75, 3.05) is 10.0 Å². The lowest BCUT2D eigenvalue weighted by Gasteiger charge is -2.11. The van der Waals surface area contributed by atoms with Crippen LogP contribution in [0.5, 0.6) is 0 Å². The highest BCUT2D eigenvalue weighted by atomic mass is 35.5. The fourth-order valence-electron chi connectivity index (χ4n) is 2.48. The van der Waals surface area contributed by atoms with Gasteiger partial charge in [-0.15, -0.1) is 0 Å². The standard InChI is InChI=1S/C20H16ClFN2O3S/c1-13-3-2-4-16(11-13)24-28(26,27)17-9-10-19(18(22)12-17)23-20(25)14-5-7-15(21)8-6-14/h2-12,24H,1H3,(H,23,25). The van der Waals surface area contributed by atoms with Gasteiger partial charge in [0.15, 0.2) is 0 Å². The van der Waals surface area contributed by atoms with Gasteiger partial charge in [-0.2, -0.15) is 0 Å². The van der Waals surface area contributed by atoms with Crippen molar-refractivity contribution in [3.05, 3.63) is 88.7 Å². The monoisotopic (exact) mass is 418 g/mol. The molecule has 3 aromatic carbocycles. The largest absolute Gasteiger partial charge is 0.319 e. The first kappa shape index (κ1) is 19.9. The van der Waals surface area contributed by atoms with E-state index < -0.39 is 21.7 Å². The molecule has 28 heavy (non-hydrogen) atoms. The van der Waals surface area contributed by atoms with Gasteiger partial charge in [-0.3, -0.25) is 9.52 Å². The van der Waals surface area contributed by atoms with Crippen LogP contribution >= 0.6 is 11.6 Å². The van der Waals surface area contributed by atoms with E-state index in [0.29, 0.717) is 16.3 Å². The Kier molecular flexibility index (Phi) is 5.67. The fraction of sp³-hybridized carbons (Fsp3) is 0.0500. The van der Waals surface area contributed by atoms with Crippen LogP contribution in [0.3, 0.4) is 0 Å². The van der Waals surface area contributed by atoms with E-state index in [4.69, 9.17) is 11.6 Å². The van der Waals surface area contributed by atoms with Gasteiger partial charge in [-0.1, -0.05) is 23.7 Å². The van der Waals surface area contributed by atoms with E-state index in [2.05, 4.69) is 10.0 Å². The fourth-order valence-corrected chi connectivity index (χ4v) is 3.67. The van der Waals surface area contributed by atoms with Crippen molar-refractivity contribution in [2.24, 2.45) is 0 Å². The lowest BCUT2D eigenvalue weighted by molar-refractivity contribution is 0.102. The molecule has 0 aliphatic heterocycles. The van der Waals surface area contributed by atoms with E-state index >= 15 is 0 Å². The Morgan fingerprint density at radius 2 is 1.71 bits per heavy atom. The maximum absolute atomic E-state index is 14.4. The van der Waals surface area contributed by atoms with Crippen LogP contribution in [0.1, 0.15) is 15.9 Å². The van der Waals surface area contributed by atoms with Gasteiger partial charge in [0.25, 0.3) is 15.9 Å². The molecule has 0 aliphatic carbocycles. The normalized spacial score (nSPS) is 11.1. The highest BCUT2D eigenvalue weighted by Gasteiger charge is 2.18. The number of rotatable bonds is 5. The van der Waals surface area contributed by atoms with Crippen molar-refractivity contribution in [3.8, 4) is 0 Å². The molecule has 1 amide bonds. The number of amides is 1. The Hall–Kier alpha value is -2.90. The number of hydrogen-bond donors (Lipinski definition) is 2. The number of aryl methyl sites for hydroxylation is 1. The van der Waals surface area contributed by atoms with Gasteiger partial charge in [0.2, 0.25) is 0 Å². The highest BCUT2D eigenvalue weighted by Crippen LogP contribution is 2.22. The van der Waals surface area contributed by atoms with Crippen LogP contribution in [0.15, 0.2) is 71.6 Å². The van der Waals surface area contributed by atoms with Crippen LogP contribution in [-0.2, 0) is 10.0 Å². The summed E-state index contributed by atoms with van der Waals surface area (Å²) in [5, 5.41) is 2.88. The molecule has 0 unspecified atom stereocenters. The Morgan fingerprint density at radius 1 is 1.00 bits per heavy atom. The first-order chi connectivity index (χ1) is 13.2. The van der Waals surface area contributed by atoms with Gasteiger partial charge < -0.3 is 5.32 Å². The third-order valence-electron chi connectivity index (χ3n) is 3.88. The highest BCUT2D eigenvalue weighted by molar-refractivity contribution is 7.92. The molecule has 0 aliphatic rings. The van der Waals surface area contributed by atoms with Gasteiger partial charge in [0.05, 0.1) is 10.6 Å². The first-order valence-electron chi connectivity index (χ1n) is 8.20. The van der Waals surface area contributed by atoms with E-state index in [0.717, 1.165) is 11.6 Å². The van der Waals surface area contributed by atoms with Crippen LogP contribution in [0.25, 0.3) is 0 Å². The van der Waals surface area contributed by atoms with Gasteiger partial charge in [0, 0.05) is 16.3 Å². The van der Waals surface area contributed by atoms with Crippen LogP contribution in [0.4, 0.5) is 15.8 Å². The molecule has 3 rings (SSSR count). The maximum Gasteiger partial charge on any atom is 0.261 e. The molecule has 0 saturated carbocycles. The predicted molar refractivity (Wildman–Crippen MR) is 108 cm³/mol. The summed E-state index contributed by atoms with van der Waals surface area (Å²) in [6.07, 6.45) is 0. The Labute approximate surface area is 167 Å². The van der Waals surface area contributed by atoms with E-state index in [1.165, 1.54) is 24.3 Å². The van der Waals surface area contributed by atoms with Crippen LogP contribution < -0.4 is 10.0 Å². The molecule has 0 spiro atoms. The number of hydrogen-bond acceptors (Lipinski definition) is 3. The maximum atomic E-state index is 14.4. The van der Waals surface area contributed by atoms with E-state index in [1.807, 2.05) is 13.0 Å². The van der Waals surface area contributed by atoms with E-state index in [1.54, 1.807) is 30.3 Å². The zero-order valence-corrected chi connectivity index (χ0v) is 16.3. The molecule has 3 aromatic rings. The van der Waals surface area contributed by atoms with Gasteiger partial charge >= 0.3 is 0 Å². The topological polar surface area (TPSA) is 75.3 Å². The summed E-state index contributed by atoms with van der Waals surface area (Å²) < 4.78 is 41.7. The second-order valence-electron chi connectivity index (χ2n) is 6.08. The molecule has 8 heteroatoms. The minimum absolute atomic E-state index is 0.130. The third kappa shape index (κ3) is 4.68. The van der Waals surface area contributed by atoms with Crippen molar-refractivity contribution >= 4 is 38.9 Å². The lowest BCUT2D eigenvalue weighted by Crippen LogP contribution is -2.15. The smallest absolute Gasteiger partial charge is 0.261 e. The summed E-state index contributed by atoms with van der Waals surface area (Å²) in [6.45, 7) is 1.83. The zero-order chi connectivity index (χ0) is 20.3. The molecule has 0 saturated heterocycles. The van der Waals surface area contributed by atoms with E-state index in [-0.39, 0.29) is 10.6 Å². The summed E-state index contributed by atoms with van der Waals surface area (Å²) >= 11 is 5.77. The summed E-state index contributed by atoms with van der Waals surface area (Å²) in [7, 11) is -3.97. The molecular weight excluding hydrogens is 403 g/mol. The average molecular weight is 419 g/mol. The number of nitrogens with one attached hydrogen (secondary N) is 2. The SMILES string of the molecule is Cc1cccc(NS(=O)(=O)c2ccc(NC(=O)c3ccc(Cl)cc3)c(F)c2)c1. The molecule has 0 aromatic heterocycles. The van der Waals surface area contributed by atoms with Gasteiger partial charge in [-0.05, 0) is 67.1 Å². The summed E-state index contributed by atoms with van der Waals surface area (Å²) in [5.41, 5.74) is 1.42. The van der Waals surface area contributed by atoms with Crippen molar-refractivity contribution < 1.29 is 17.6 Å². The minimum atomic E-state index is -3.97. The Balaban J connectivity index is 1.79. The van der Waals surface area contributed by atoms with Crippen LogP contribution in [-0.4, -0.2) is 14.3 Å². The van der Waals surface area contributed by atoms with Gasteiger partial charge in [0.1, 0.15) is 5.82 Å². The van der Waals surface area contributed by atoms with Crippen molar-refractivity contribution in [3.63, 3.8) is 0 Å². The number of halogens is 2.